The van der Waals surface area contributed by atoms with Crippen LogP contribution in [0.3, 0.4) is 0 Å². The lowest BCUT2D eigenvalue weighted by atomic mass is 9.62. The third-order valence-electron chi connectivity index (χ3n) is 6.75. The van der Waals surface area contributed by atoms with E-state index in [0.29, 0.717) is 0 Å². The van der Waals surface area contributed by atoms with E-state index in [4.69, 9.17) is 4.43 Å². The molecule has 0 saturated heterocycles. The van der Waals surface area contributed by atoms with Gasteiger partial charge in [0.25, 0.3) is 0 Å². The molecule has 122 valence electrons. The van der Waals surface area contributed by atoms with Crippen molar-refractivity contribution in [1.29, 1.82) is 0 Å². The molecule has 5 atom stereocenters. The summed E-state index contributed by atoms with van der Waals surface area (Å²) < 4.78 is 6.77. The Bertz CT molecular complexity index is 685. The summed E-state index contributed by atoms with van der Waals surface area (Å²) in [6.07, 6.45) is 9.32. The normalized spacial score (nSPS) is 40.6. The molecule has 0 radical (unpaired) electrons. The van der Waals surface area contributed by atoms with Gasteiger partial charge in [0.2, 0.25) is 0 Å². The van der Waals surface area contributed by atoms with Crippen LogP contribution in [0.4, 0.5) is 0 Å². The molecule has 1 nitrogen and oxygen atoms in total. The molecule has 4 aliphatic carbocycles. The number of aryl methyl sites for hydroxylation is 1. The molecule has 0 heterocycles. The van der Waals surface area contributed by atoms with Crippen molar-refractivity contribution in [2.24, 2.45) is 17.8 Å². The number of rotatable bonds is 2. The van der Waals surface area contributed by atoms with Crippen LogP contribution in [0, 0.1) is 17.8 Å². The van der Waals surface area contributed by atoms with E-state index in [1.54, 1.807) is 16.7 Å². The van der Waals surface area contributed by atoms with Gasteiger partial charge in [0.15, 0.2) is 8.32 Å². The first kappa shape index (κ1) is 14.5. The van der Waals surface area contributed by atoms with Crippen LogP contribution in [0.5, 0.6) is 0 Å². The Hall–Kier alpha value is -0.863. The Morgan fingerprint density at radius 2 is 1.87 bits per heavy atom. The molecule has 5 rings (SSSR count). The highest BCUT2D eigenvalue weighted by molar-refractivity contribution is 6.69. The molecular formula is C21H28OSi. The first-order chi connectivity index (χ1) is 11.0. The standard InChI is InChI=1S/C21H28OSi/c1-23(2,3)22-21-13-15(21)12-19-18-9-8-14-6-4-5-7-16(14)17(18)10-11-20(19)21/h4-7,12,15,17-18,20H,8-11,13H2,1-3H3/t15?,17-,18-,20+,21?/m1/s1. The van der Waals surface area contributed by atoms with Gasteiger partial charge in [-0.1, -0.05) is 35.9 Å². The zero-order valence-electron chi connectivity index (χ0n) is 14.6. The van der Waals surface area contributed by atoms with Crippen LogP contribution < -0.4 is 0 Å². The zero-order valence-corrected chi connectivity index (χ0v) is 15.6. The van der Waals surface area contributed by atoms with Crippen molar-refractivity contribution in [2.45, 2.75) is 63.3 Å². The van der Waals surface area contributed by atoms with Gasteiger partial charge in [-0.2, -0.15) is 0 Å². The Morgan fingerprint density at radius 3 is 2.70 bits per heavy atom. The Kier molecular flexibility index (Phi) is 2.90. The molecule has 0 bridgehead atoms. The summed E-state index contributed by atoms with van der Waals surface area (Å²) in [6, 6.07) is 9.21. The quantitative estimate of drug-likeness (QED) is 0.530. The average molecular weight is 325 g/mol. The molecular weight excluding hydrogens is 296 g/mol. The summed E-state index contributed by atoms with van der Waals surface area (Å²) in [5.41, 5.74) is 5.31. The third-order valence-corrected chi connectivity index (χ3v) is 7.74. The predicted molar refractivity (Wildman–Crippen MR) is 97.1 cm³/mol. The number of fused-ring (bicyclic) bond motifs is 7. The number of hydrogen-bond donors (Lipinski definition) is 0. The Morgan fingerprint density at radius 1 is 1.04 bits per heavy atom. The first-order valence-corrected chi connectivity index (χ1v) is 12.9. The van der Waals surface area contributed by atoms with Crippen molar-refractivity contribution in [3.63, 3.8) is 0 Å². The van der Waals surface area contributed by atoms with Gasteiger partial charge < -0.3 is 4.43 Å². The molecule has 0 amide bonds. The second kappa shape index (κ2) is 4.61. The minimum Gasteiger partial charge on any atom is -0.411 e. The lowest BCUT2D eigenvalue weighted by molar-refractivity contribution is 0.0915. The van der Waals surface area contributed by atoms with Crippen LogP contribution in [-0.4, -0.2) is 13.9 Å². The monoisotopic (exact) mass is 324 g/mol. The summed E-state index contributed by atoms with van der Waals surface area (Å²) in [5, 5.41) is 0. The second-order valence-electron chi connectivity index (χ2n) is 9.23. The molecule has 0 aliphatic heterocycles. The molecule has 0 N–H and O–H groups in total. The van der Waals surface area contributed by atoms with Gasteiger partial charge in [0, 0.05) is 11.8 Å². The minimum atomic E-state index is -1.46. The smallest absolute Gasteiger partial charge is 0.184 e. The highest BCUT2D eigenvalue weighted by Gasteiger charge is 2.66. The topological polar surface area (TPSA) is 9.23 Å². The molecule has 4 aliphatic rings. The van der Waals surface area contributed by atoms with Gasteiger partial charge in [-0.15, -0.1) is 0 Å². The number of hydrogen-bond acceptors (Lipinski definition) is 1. The van der Waals surface area contributed by atoms with Crippen LogP contribution in [0.15, 0.2) is 35.9 Å². The van der Waals surface area contributed by atoms with E-state index in [1.165, 1.54) is 32.1 Å². The van der Waals surface area contributed by atoms with Crippen LogP contribution in [0.1, 0.15) is 42.7 Å². The van der Waals surface area contributed by atoms with Crippen molar-refractivity contribution < 1.29 is 4.43 Å². The largest absolute Gasteiger partial charge is 0.411 e. The molecule has 23 heavy (non-hydrogen) atoms. The van der Waals surface area contributed by atoms with Crippen LogP contribution in [0.2, 0.25) is 19.6 Å². The third kappa shape index (κ3) is 2.07. The van der Waals surface area contributed by atoms with Gasteiger partial charge >= 0.3 is 0 Å². The van der Waals surface area contributed by atoms with E-state index in [1.807, 2.05) is 0 Å². The summed E-state index contributed by atoms with van der Waals surface area (Å²) in [6.45, 7) is 7.08. The van der Waals surface area contributed by atoms with Crippen molar-refractivity contribution in [3.05, 3.63) is 47.0 Å². The fraction of sp³-hybridized carbons (Fsp3) is 0.619. The van der Waals surface area contributed by atoms with Gasteiger partial charge in [-0.05, 0) is 74.7 Å². The van der Waals surface area contributed by atoms with Crippen LogP contribution >= 0.6 is 0 Å². The molecule has 2 heteroatoms. The van der Waals surface area contributed by atoms with Gasteiger partial charge in [-0.3, -0.25) is 0 Å². The Labute approximate surface area is 141 Å². The SMILES string of the molecule is C[Si](C)(C)OC12CC1C=C1[C@@H]3CCc4ccccc4[C@H]3CC[C@@H]12. The van der Waals surface area contributed by atoms with Crippen molar-refractivity contribution in [2.75, 3.05) is 0 Å². The predicted octanol–water partition coefficient (Wildman–Crippen LogP) is 5.29. The van der Waals surface area contributed by atoms with Crippen molar-refractivity contribution in [1.82, 2.24) is 0 Å². The fourth-order valence-corrected chi connectivity index (χ4v) is 7.54. The first-order valence-electron chi connectivity index (χ1n) is 9.47. The highest BCUT2D eigenvalue weighted by Crippen LogP contribution is 2.67. The van der Waals surface area contributed by atoms with E-state index in [9.17, 15) is 0 Å². The molecule has 1 aromatic carbocycles. The molecule has 2 saturated carbocycles. The molecule has 0 spiro atoms. The van der Waals surface area contributed by atoms with Gasteiger partial charge in [0.1, 0.15) is 0 Å². The van der Waals surface area contributed by atoms with Gasteiger partial charge in [0.05, 0.1) is 5.60 Å². The summed E-state index contributed by atoms with van der Waals surface area (Å²) in [4.78, 5) is 0. The lowest BCUT2D eigenvalue weighted by Gasteiger charge is -2.44. The molecule has 2 fully saturated rings. The number of benzene rings is 1. The van der Waals surface area contributed by atoms with E-state index in [0.717, 1.165) is 23.7 Å². The van der Waals surface area contributed by atoms with Crippen LogP contribution in [-0.2, 0) is 10.8 Å². The van der Waals surface area contributed by atoms with E-state index in [2.05, 4.69) is 50.0 Å². The maximum absolute atomic E-state index is 6.77. The zero-order chi connectivity index (χ0) is 15.8. The molecule has 1 aromatic rings. The second-order valence-corrected chi connectivity index (χ2v) is 13.7. The maximum Gasteiger partial charge on any atom is 0.184 e. The van der Waals surface area contributed by atoms with E-state index < -0.39 is 8.32 Å². The molecule has 2 unspecified atom stereocenters. The summed E-state index contributed by atoms with van der Waals surface area (Å²) in [7, 11) is -1.46. The highest BCUT2D eigenvalue weighted by atomic mass is 28.4. The Balaban J connectivity index is 1.46. The summed E-state index contributed by atoms with van der Waals surface area (Å²) in [5.74, 6) is 3.07. The van der Waals surface area contributed by atoms with E-state index >= 15 is 0 Å². The molecule has 0 aromatic heterocycles. The lowest BCUT2D eigenvalue weighted by Crippen LogP contribution is -2.41. The summed E-state index contributed by atoms with van der Waals surface area (Å²) >= 11 is 0. The average Bonchev–Trinajstić information content (AvgIpc) is 3.09. The maximum atomic E-state index is 6.77. The van der Waals surface area contributed by atoms with E-state index in [-0.39, 0.29) is 5.60 Å². The fourth-order valence-electron chi connectivity index (χ4n) is 6.02. The van der Waals surface area contributed by atoms with Crippen molar-refractivity contribution in [3.8, 4) is 0 Å². The van der Waals surface area contributed by atoms with Crippen LogP contribution in [0.25, 0.3) is 0 Å². The van der Waals surface area contributed by atoms with Gasteiger partial charge in [-0.25, -0.2) is 0 Å². The minimum absolute atomic E-state index is 0.238. The van der Waals surface area contributed by atoms with Crippen molar-refractivity contribution >= 4 is 8.32 Å².